The quantitative estimate of drug-likeness (QED) is 0.824. The first-order valence-electron chi connectivity index (χ1n) is 8.82. The molecule has 4 heteroatoms. The van der Waals surface area contributed by atoms with E-state index in [1.807, 2.05) is 42.5 Å². The van der Waals surface area contributed by atoms with Crippen LogP contribution in [0.15, 0.2) is 58.3 Å². The Kier molecular flexibility index (Phi) is 6.14. The highest BCUT2D eigenvalue weighted by Gasteiger charge is 2.17. The van der Waals surface area contributed by atoms with Gasteiger partial charge in [0, 0.05) is 16.3 Å². The minimum atomic E-state index is -0.0249. The molecule has 0 aromatic heterocycles. The Hall–Kier alpha value is -2.25. The molecule has 1 amide bonds. The van der Waals surface area contributed by atoms with Crippen LogP contribution in [-0.4, -0.2) is 12.5 Å². The molecule has 1 fully saturated rings. The molecule has 0 saturated heterocycles. The highest BCUT2D eigenvalue weighted by Crippen LogP contribution is 2.32. The zero-order valence-electron chi connectivity index (χ0n) is 14.2. The van der Waals surface area contributed by atoms with Crippen LogP contribution in [0.4, 0.5) is 0 Å². The summed E-state index contributed by atoms with van der Waals surface area (Å²) in [7, 11) is 0. The zero-order valence-corrected chi connectivity index (χ0v) is 15.0. The van der Waals surface area contributed by atoms with E-state index in [-0.39, 0.29) is 5.91 Å². The maximum Gasteiger partial charge on any atom is 0.252 e. The Labute approximate surface area is 153 Å². The predicted octanol–water partition coefficient (Wildman–Crippen LogP) is 5.02. The van der Waals surface area contributed by atoms with Crippen LogP contribution in [0.3, 0.4) is 0 Å². The third kappa shape index (κ3) is 4.64. The molecular formula is C21H22N2OS. The molecule has 0 spiro atoms. The van der Waals surface area contributed by atoms with Crippen LogP contribution in [0.1, 0.15) is 48.0 Å². The number of nitriles is 1. The molecule has 2 aromatic rings. The van der Waals surface area contributed by atoms with Crippen LogP contribution >= 0.6 is 11.8 Å². The predicted molar refractivity (Wildman–Crippen MR) is 101 cm³/mol. The first kappa shape index (κ1) is 17.6. The maximum absolute atomic E-state index is 12.7. The van der Waals surface area contributed by atoms with E-state index in [1.165, 1.54) is 43.9 Å². The van der Waals surface area contributed by atoms with E-state index in [1.54, 1.807) is 6.07 Å². The molecule has 1 aliphatic rings. The van der Waals surface area contributed by atoms with Crippen molar-refractivity contribution in [3.05, 3.63) is 59.7 Å². The number of hydrogen-bond donors (Lipinski definition) is 1. The van der Waals surface area contributed by atoms with Crippen molar-refractivity contribution in [3.8, 4) is 6.07 Å². The molecule has 128 valence electrons. The molecule has 0 heterocycles. The summed E-state index contributed by atoms with van der Waals surface area (Å²) in [5, 5.41) is 12.4. The fourth-order valence-corrected chi connectivity index (χ4v) is 4.26. The van der Waals surface area contributed by atoms with Crippen molar-refractivity contribution in [2.45, 2.75) is 41.9 Å². The third-order valence-corrected chi connectivity index (χ3v) is 5.79. The number of rotatable bonds is 5. The molecule has 0 atom stereocenters. The first-order valence-corrected chi connectivity index (χ1v) is 9.64. The molecule has 0 radical (unpaired) electrons. The molecule has 0 unspecified atom stereocenters. The molecule has 1 aliphatic carbocycles. The fourth-order valence-electron chi connectivity index (χ4n) is 3.23. The molecule has 3 rings (SSSR count). The Morgan fingerprint density at radius 3 is 2.48 bits per heavy atom. The van der Waals surface area contributed by atoms with Crippen molar-refractivity contribution in [1.29, 1.82) is 5.26 Å². The molecule has 2 aromatic carbocycles. The third-order valence-electron chi connectivity index (χ3n) is 4.64. The number of nitrogens with zero attached hydrogens (tertiary/aromatic N) is 1. The lowest BCUT2D eigenvalue weighted by Crippen LogP contribution is -2.30. The lowest BCUT2D eigenvalue weighted by molar-refractivity contribution is 0.0940. The number of carbonyl (C=O) groups is 1. The number of nitrogens with one attached hydrogen (secondary N) is 1. The Bertz CT molecular complexity index is 775. The molecular weight excluding hydrogens is 328 g/mol. The summed E-state index contributed by atoms with van der Waals surface area (Å²) >= 11 is 1.47. The standard InChI is InChI=1S/C21H22N2OS/c22-14-17-10-4-6-12-19(17)25-20-13-7-5-11-18(20)21(24)23-15-16-8-2-1-3-9-16/h4-7,10-13,16H,1-3,8-9,15H2,(H,23,24). The molecule has 1 saturated carbocycles. The summed E-state index contributed by atoms with van der Waals surface area (Å²) in [6.45, 7) is 0.757. The van der Waals surface area contributed by atoms with Gasteiger partial charge in [-0.1, -0.05) is 55.3 Å². The van der Waals surface area contributed by atoms with Gasteiger partial charge in [0.25, 0.3) is 5.91 Å². The normalized spacial score (nSPS) is 14.7. The van der Waals surface area contributed by atoms with E-state index in [2.05, 4.69) is 11.4 Å². The van der Waals surface area contributed by atoms with Crippen LogP contribution in [-0.2, 0) is 0 Å². The summed E-state index contributed by atoms with van der Waals surface area (Å²) in [6.07, 6.45) is 6.30. The summed E-state index contributed by atoms with van der Waals surface area (Å²) < 4.78 is 0. The molecule has 1 N–H and O–H groups in total. The lowest BCUT2D eigenvalue weighted by atomic mass is 9.89. The van der Waals surface area contributed by atoms with Gasteiger partial charge in [-0.15, -0.1) is 0 Å². The van der Waals surface area contributed by atoms with Gasteiger partial charge >= 0.3 is 0 Å². The van der Waals surface area contributed by atoms with Crippen molar-refractivity contribution in [2.75, 3.05) is 6.54 Å². The molecule has 3 nitrogen and oxygen atoms in total. The van der Waals surface area contributed by atoms with Crippen molar-refractivity contribution >= 4 is 17.7 Å². The summed E-state index contributed by atoms with van der Waals surface area (Å²) in [5.74, 6) is 0.583. The highest BCUT2D eigenvalue weighted by atomic mass is 32.2. The van der Waals surface area contributed by atoms with Crippen LogP contribution in [0, 0.1) is 17.2 Å². The highest BCUT2D eigenvalue weighted by molar-refractivity contribution is 7.99. The Balaban J connectivity index is 1.72. The Morgan fingerprint density at radius 2 is 1.72 bits per heavy atom. The van der Waals surface area contributed by atoms with Crippen LogP contribution in [0.25, 0.3) is 0 Å². The van der Waals surface area contributed by atoms with Crippen molar-refractivity contribution < 1.29 is 4.79 Å². The molecule has 0 bridgehead atoms. The van der Waals surface area contributed by atoms with Gasteiger partial charge in [0.05, 0.1) is 11.1 Å². The molecule has 25 heavy (non-hydrogen) atoms. The summed E-state index contributed by atoms with van der Waals surface area (Å²) in [6, 6.07) is 17.3. The number of amides is 1. The lowest BCUT2D eigenvalue weighted by Gasteiger charge is -2.22. The van der Waals surface area contributed by atoms with Crippen LogP contribution in [0.2, 0.25) is 0 Å². The van der Waals surface area contributed by atoms with E-state index in [0.29, 0.717) is 17.0 Å². The van der Waals surface area contributed by atoms with Gasteiger partial charge in [-0.05, 0) is 43.0 Å². The van der Waals surface area contributed by atoms with Gasteiger partial charge in [0.1, 0.15) is 6.07 Å². The SMILES string of the molecule is N#Cc1ccccc1Sc1ccccc1C(=O)NCC1CCCCC1. The average Bonchev–Trinajstić information content (AvgIpc) is 2.68. The van der Waals surface area contributed by atoms with Gasteiger partial charge in [0.15, 0.2) is 0 Å². The largest absolute Gasteiger partial charge is 0.352 e. The van der Waals surface area contributed by atoms with Gasteiger partial charge in [-0.25, -0.2) is 0 Å². The summed E-state index contributed by atoms with van der Waals surface area (Å²) in [4.78, 5) is 14.4. The average molecular weight is 350 g/mol. The number of benzene rings is 2. The zero-order chi connectivity index (χ0) is 17.5. The van der Waals surface area contributed by atoms with E-state index in [9.17, 15) is 10.1 Å². The second-order valence-corrected chi connectivity index (χ2v) is 7.50. The van der Waals surface area contributed by atoms with Gasteiger partial charge in [-0.3, -0.25) is 4.79 Å². The van der Waals surface area contributed by atoms with Crippen LogP contribution < -0.4 is 5.32 Å². The molecule has 0 aliphatic heterocycles. The van der Waals surface area contributed by atoms with E-state index < -0.39 is 0 Å². The topological polar surface area (TPSA) is 52.9 Å². The van der Waals surface area contributed by atoms with Crippen LogP contribution in [0.5, 0.6) is 0 Å². The Morgan fingerprint density at radius 1 is 1.04 bits per heavy atom. The van der Waals surface area contributed by atoms with Gasteiger partial charge in [-0.2, -0.15) is 5.26 Å². The summed E-state index contributed by atoms with van der Waals surface area (Å²) in [5.41, 5.74) is 1.31. The van der Waals surface area contributed by atoms with E-state index in [4.69, 9.17) is 0 Å². The van der Waals surface area contributed by atoms with Crippen molar-refractivity contribution in [3.63, 3.8) is 0 Å². The minimum Gasteiger partial charge on any atom is -0.352 e. The first-order chi connectivity index (χ1) is 12.3. The number of hydrogen-bond acceptors (Lipinski definition) is 3. The number of carbonyl (C=O) groups excluding carboxylic acids is 1. The smallest absolute Gasteiger partial charge is 0.252 e. The van der Waals surface area contributed by atoms with Gasteiger partial charge in [0.2, 0.25) is 0 Å². The second kappa shape index (κ2) is 8.73. The van der Waals surface area contributed by atoms with E-state index >= 15 is 0 Å². The van der Waals surface area contributed by atoms with E-state index in [0.717, 1.165) is 16.3 Å². The van der Waals surface area contributed by atoms with Crippen molar-refractivity contribution in [2.24, 2.45) is 5.92 Å². The van der Waals surface area contributed by atoms with Gasteiger partial charge < -0.3 is 5.32 Å². The monoisotopic (exact) mass is 350 g/mol. The van der Waals surface area contributed by atoms with Crippen molar-refractivity contribution in [1.82, 2.24) is 5.32 Å². The second-order valence-electron chi connectivity index (χ2n) is 6.42. The maximum atomic E-state index is 12.7. The fraction of sp³-hybridized carbons (Fsp3) is 0.333. The minimum absolute atomic E-state index is 0.0249.